The number of rotatable bonds is 7. The number of hydrogen-bond acceptors (Lipinski definition) is 7. The van der Waals surface area contributed by atoms with Crippen LogP contribution in [-0.4, -0.2) is 11.7 Å². The molecule has 1 aromatic carbocycles. The molecule has 7 nitrogen and oxygen atoms in total. The molecule has 0 N–H and O–H groups in total. The topological polar surface area (TPSA) is 100 Å². The molecule has 1 atom stereocenters. The molecule has 0 aliphatic carbocycles. The zero-order valence-electron chi connectivity index (χ0n) is 17.3. The maximum Gasteiger partial charge on any atom is 1.00 e. The summed E-state index contributed by atoms with van der Waals surface area (Å²) in [5.41, 5.74) is -0.255. The van der Waals surface area contributed by atoms with E-state index in [1.165, 1.54) is 12.1 Å². The third-order valence-electron chi connectivity index (χ3n) is 4.36. The Labute approximate surface area is 205 Å². The smallest absolute Gasteiger partial charge is 0.780 e. The molecule has 0 bridgehead atoms. The Morgan fingerprint density at radius 1 is 1.00 bits per heavy atom. The van der Waals surface area contributed by atoms with Gasteiger partial charge in [0.2, 0.25) is 0 Å². The van der Waals surface area contributed by atoms with Crippen molar-refractivity contribution >= 4 is 7.82 Å². The average Bonchev–Trinajstić information content (AvgIpc) is 2.41. The summed E-state index contributed by atoms with van der Waals surface area (Å²) in [4.78, 5) is 33.0. The Morgan fingerprint density at radius 3 is 1.93 bits per heavy atom. The minimum atomic E-state index is -5.16. The van der Waals surface area contributed by atoms with E-state index in [1.807, 2.05) is 41.5 Å². The molecular formula is C17H25Na2O7P. The van der Waals surface area contributed by atoms with Gasteiger partial charge in [0.15, 0.2) is 5.60 Å². The second kappa shape index (κ2) is 10.4. The van der Waals surface area contributed by atoms with Crippen molar-refractivity contribution in [1.29, 1.82) is 0 Å². The zero-order valence-corrected chi connectivity index (χ0v) is 22.2. The summed E-state index contributed by atoms with van der Waals surface area (Å²) in [5, 5.41) is 0. The third kappa shape index (κ3) is 5.60. The van der Waals surface area contributed by atoms with Gasteiger partial charge in [-0.1, -0.05) is 39.8 Å². The van der Waals surface area contributed by atoms with Crippen molar-refractivity contribution in [3.05, 3.63) is 29.8 Å². The van der Waals surface area contributed by atoms with Crippen molar-refractivity contribution in [3.63, 3.8) is 0 Å². The van der Waals surface area contributed by atoms with Gasteiger partial charge < -0.3 is 23.6 Å². The van der Waals surface area contributed by atoms with Crippen LogP contribution in [0.4, 0.5) is 0 Å². The summed E-state index contributed by atoms with van der Waals surface area (Å²) in [6.45, 7) is 11.8. The Balaban J connectivity index is 0.00000338. The molecule has 0 saturated carbocycles. The average molecular weight is 418 g/mol. The van der Waals surface area contributed by atoms with Crippen molar-refractivity contribution < 1.29 is 92.5 Å². The van der Waals surface area contributed by atoms with Crippen LogP contribution in [0.15, 0.2) is 24.3 Å². The van der Waals surface area contributed by atoms with Crippen molar-refractivity contribution in [1.82, 2.24) is 0 Å². The molecule has 10 heteroatoms. The van der Waals surface area contributed by atoms with Gasteiger partial charge in [0.05, 0.1) is 6.10 Å². The monoisotopic (exact) mass is 418 g/mol. The molecular weight excluding hydrogens is 393 g/mol. The predicted molar refractivity (Wildman–Crippen MR) is 87.2 cm³/mol. The van der Waals surface area contributed by atoms with Gasteiger partial charge in [-0.2, -0.15) is 4.89 Å². The van der Waals surface area contributed by atoms with Crippen LogP contribution in [-0.2, 0) is 24.9 Å². The van der Waals surface area contributed by atoms with Crippen LogP contribution < -0.4 is 73.4 Å². The Morgan fingerprint density at radius 2 is 1.56 bits per heavy atom. The van der Waals surface area contributed by atoms with Crippen molar-refractivity contribution in [2.45, 2.75) is 59.0 Å². The first kappa shape index (κ1) is 28.1. The number of benzene rings is 1. The minimum absolute atomic E-state index is 0. The van der Waals surface area contributed by atoms with Crippen LogP contribution in [0, 0.1) is 11.8 Å². The van der Waals surface area contributed by atoms with E-state index in [-0.39, 0.29) is 82.8 Å². The summed E-state index contributed by atoms with van der Waals surface area (Å²) < 4.78 is 21.6. The Kier molecular flexibility index (Phi) is 10.8. The molecule has 2 rings (SSSR count). The van der Waals surface area contributed by atoms with Crippen LogP contribution in [0.2, 0.25) is 0 Å². The molecule has 1 unspecified atom stereocenters. The molecule has 1 heterocycles. The Bertz CT molecular complexity index is 654. The molecule has 0 spiro atoms. The van der Waals surface area contributed by atoms with Crippen LogP contribution in [0.5, 0.6) is 5.75 Å². The van der Waals surface area contributed by atoms with E-state index in [1.54, 1.807) is 12.1 Å². The maximum atomic E-state index is 10.9. The van der Waals surface area contributed by atoms with E-state index in [0.717, 1.165) is 0 Å². The van der Waals surface area contributed by atoms with E-state index < -0.39 is 19.2 Å². The maximum absolute atomic E-state index is 10.9. The minimum Gasteiger partial charge on any atom is -0.780 e. The molecule has 0 radical (unpaired) electrons. The number of ether oxygens (including phenoxy) is 1. The summed E-state index contributed by atoms with van der Waals surface area (Å²) in [5.74, 6) is -1.25. The fourth-order valence-corrected chi connectivity index (χ4v) is 3.88. The normalized spacial score (nSPS) is 21.4. The first-order valence-corrected chi connectivity index (χ1v) is 9.77. The summed E-state index contributed by atoms with van der Waals surface area (Å²) in [7, 11) is -5.16. The second-order valence-corrected chi connectivity index (χ2v) is 8.20. The van der Waals surface area contributed by atoms with Gasteiger partial charge >= 0.3 is 59.1 Å². The fourth-order valence-electron chi connectivity index (χ4n) is 3.50. The van der Waals surface area contributed by atoms with E-state index in [4.69, 9.17) is 14.5 Å². The molecule has 1 aliphatic rings. The summed E-state index contributed by atoms with van der Waals surface area (Å²) in [6, 6.07) is 6.14. The zero-order chi connectivity index (χ0) is 19.0. The molecule has 1 saturated heterocycles. The molecule has 142 valence electrons. The summed E-state index contributed by atoms with van der Waals surface area (Å²) >= 11 is 0. The van der Waals surface area contributed by atoms with E-state index in [9.17, 15) is 14.4 Å². The molecule has 1 aromatic rings. The van der Waals surface area contributed by atoms with E-state index in [2.05, 4.69) is 4.52 Å². The van der Waals surface area contributed by atoms with Crippen LogP contribution in [0.1, 0.15) is 47.1 Å². The van der Waals surface area contributed by atoms with Crippen molar-refractivity contribution in [2.24, 2.45) is 11.8 Å². The van der Waals surface area contributed by atoms with Crippen molar-refractivity contribution in [2.75, 3.05) is 0 Å². The summed E-state index contributed by atoms with van der Waals surface area (Å²) in [6.07, 6.45) is -0.185. The first-order valence-electron chi connectivity index (χ1n) is 8.31. The number of hydrogen-bond donors (Lipinski definition) is 0. The van der Waals surface area contributed by atoms with Gasteiger partial charge in [-0.05, 0) is 37.8 Å². The van der Waals surface area contributed by atoms with Gasteiger partial charge in [-0.3, -0.25) is 0 Å². The van der Waals surface area contributed by atoms with Gasteiger partial charge in [0.1, 0.15) is 13.6 Å². The van der Waals surface area contributed by atoms with Crippen LogP contribution in [0.25, 0.3) is 0 Å². The van der Waals surface area contributed by atoms with E-state index >= 15 is 0 Å². The molecule has 27 heavy (non-hydrogen) atoms. The quantitative estimate of drug-likeness (QED) is 0.257. The molecule has 1 fully saturated rings. The number of phosphoric acid groups is 1. The molecule has 0 aromatic heterocycles. The largest absolute Gasteiger partial charge is 1.00 e. The van der Waals surface area contributed by atoms with E-state index in [0.29, 0.717) is 5.56 Å². The van der Waals surface area contributed by atoms with Gasteiger partial charge in [-0.15, -0.1) is 0 Å². The van der Waals surface area contributed by atoms with Gasteiger partial charge in [-0.25, -0.2) is 4.89 Å². The third-order valence-corrected chi connectivity index (χ3v) is 4.79. The van der Waals surface area contributed by atoms with Crippen LogP contribution >= 0.6 is 7.82 Å². The Hall–Kier alpha value is 1.05. The predicted octanol–water partition coefficient (Wildman–Crippen LogP) is -3.51. The molecule has 1 aliphatic heterocycles. The van der Waals surface area contributed by atoms with Gasteiger partial charge in [0.25, 0.3) is 5.79 Å². The molecule has 0 amide bonds. The fraction of sp³-hybridized carbons (Fsp3) is 0.647. The van der Waals surface area contributed by atoms with Gasteiger partial charge in [0, 0.05) is 5.56 Å². The SMILES string of the molecule is CC(C)OC1(c2cccc(OP(=O)([O-])[O-])c2)OOC1(C(C)C)C(C)C.[Na+].[Na+]. The number of phosphoric ester groups is 1. The first-order chi connectivity index (χ1) is 11.4. The van der Waals surface area contributed by atoms with Crippen LogP contribution in [0.3, 0.4) is 0 Å². The van der Waals surface area contributed by atoms with Crippen molar-refractivity contribution in [3.8, 4) is 5.75 Å². The second-order valence-electron chi connectivity index (χ2n) is 7.12. The standard InChI is InChI=1S/C17H27O7P.2Na/c1-11(2)16(12(3)4)17(24-23-16,21-13(5)6)14-8-7-9-15(10-14)22-25(18,19)20;;/h7-13H,1-6H3,(H2,18,19,20);;/q;2*+1/p-2.